The molecule has 4 nitrogen and oxygen atoms in total. The van der Waals surface area contributed by atoms with Crippen LogP contribution in [0.3, 0.4) is 0 Å². The predicted octanol–water partition coefficient (Wildman–Crippen LogP) is 3.19. The summed E-state index contributed by atoms with van der Waals surface area (Å²) in [6.45, 7) is 3.84. The summed E-state index contributed by atoms with van der Waals surface area (Å²) in [5, 5.41) is 3.28. The number of nitrogens with zero attached hydrogens (tertiary/aromatic N) is 1. The lowest BCUT2D eigenvalue weighted by atomic mass is 10.1. The van der Waals surface area contributed by atoms with E-state index in [1.165, 1.54) is 6.20 Å². The normalized spacial score (nSPS) is 10.3. The van der Waals surface area contributed by atoms with E-state index in [2.05, 4.69) is 10.3 Å². The van der Waals surface area contributed by atoms with Gasteiger partial charge in [-0.05, 0) is 43.2 Å². The molecule has 0 radical (unpaired) electrons. The monoisotopic (exact) mass is 275 g/mol. The van der Waals surface area contributed by atoms with Gasteiger partial charge in [-0.25, -0.2) is 4.98 Å². The van der Waals surface area contributed by atoms with Crippen LogP contribution in [0.1, 0.15) is 21.5 Å². The van der Waals surface area contributed by atoms with Crippen molar-refractivity contribution in [3.05, 3.63) is 52.2 Å². The van der Waals surface area contributed by atoms with Crippen LogP contribution in [0, 0.1) is 13.8 Å². The third-order valence-electron chi connectivity index (χ3n) is 2.75. The lowest BCUT2D eigenvalue weighted by Gasteiger charge is -2.12. The van der Waals surface area contributed by atoms with Crippen molar-refractivity contribution in [2.75, 3.05) is 11.1 Å². The molecule has 19 heavy (non-hydrogen) atoms. The highest BCUT2D eigenvalue weighted by molar-refractivity contribution is 6.34. The SMILES string of the molecule is Cc1cc(C)c(NC(=O)c2cccnc2N)c(Cl)c1. The molecule has 0 fully saturated rings. The van der Waals surface area contributed by atoms with Crippen molar-refractivity contribution in [1.82, 2.24) is 4.98 Å². The number of nitrogen functional groups attached to an aromatic ring is 1. The van der Waals surface area contributed by atoms with Crippen LogP contribution in [0.15, 0.2) is 30.5 Å². The van der Waals surface area contributed by atoms with Gasteiger partial charge < -0.3 is 11.1 Å². The number of rotatable bonds is 2. The van der Waals surface area contributed by atoms with Gasteiger partial charge in [0.15, 0.2) is 0 Å². The van der Waals surface area contributed by atoms with E-state index in [0.29, 0.717) is 16.3 Å². The molecule has 1 heterocycles. The molecular weight excluding hydrogens is 262 g/mol. The van der Waals surface area contributed by atoms with Gasteiger partial charge in [0.2, 0.25) is 0 Å². The molecule has 3 N–H and O–H groups in total. The minimum absolute atomic E-state index is 0.195. The molecule has 98 valence electrons. The van der Waals surface area contributed by atoms with E-state index in [0.717, 1.165) is 11.1 Å². The summed E-state index contributed by atoms with van der Waals surface area (Å²) in [6, 6.07) is 7.04. The molecule has 2 aromatic rings. The molecule has 1 aromatic heterocycles. The zero-order valence-corrected chi connectivity index (χ0v) is 11.5. The van der Waals surface area contributed by atoms with Gasteiger partial charge in [-0.1, -0.05) is 17.7 Å². The first-order chi connectivity index (χ1) is 8.99. The maximum atomic E-state index is 12.1. The average Bonchev–Trinajstić information content (AvgIpc) is 2.34. The Bertz CT molecular complexity index is 617. The predicted molar refractivity (Wildman–Crippen MR) is 77.5 cm³/mol. The molecule has 0 saturated heterocycles. The van der Waals surface area contributed by atoms with Gasteiger partial charge in [0, 0.05) is 6.20 Å². The number of carbonyl (C=O) groups is 1. The van der Waals surface area contributed by atoms with Crippen LogP contribution in [-0.2, 0) is 0 Å². The van der Waals surface area contributed by atoms with E-state index in [-0.39, 0.29) is 11.7 Å². The maximum Gasteiger partial charge on any atom is 0.259 e. The highest BCUT2D eigenvalue weighted by Gasteiger charge is 2.13. The second kappa shape index (κ2) is 5.28. The average molecular weight is 276 g/mol. The minimum Gasteiger partial charge on any atom is -0.383 e. The molecule has 1 amide bonds. The van der Waals surface area contributed by atoms with Crippen molar-refractivity contribution in [2.24, 2.45) is 0 Å². The Morgan fingerprint density at radius 2 is 2.11 bits per heavy atom. The van der Waals surface area contributed by atoms with Gasteiger partial charge in [-0.2, -0.15) is 0 Å². The molecule has 2 rings (SSSR count). The first-order valence-corrected chi connectivity index (χ1v) is 6.15. The highest BCUT2D eigenvalue weighted by Crippen LogP contribution is 2.28. The highest BCUT2D eigenvalue weighted by atomic mass is 35.5. The largest absolute Gasteiger partial charge is 0.383 e. The molecular formula is C14H14ClN3O. The van der Waals surface area contributed by atoms with Crippen LogP contribution >= 0.6 is 11.6 Å². The Morgan fingerprint density at radius 1 is 1.37 bits per heavy atom. The van der Waals surface area contributed by atoms with E-state index in [4.69, 9.17) is 17.3 Å². The minimum atomic E-state index is -0.320. The van der Waals surface area contributed by atoms with Crippen molar-refractivity contribution in [1.29, 1.82) is 0 Å². The molecule has 0 aliphatic carbocycles. The van der Waals surface area contributed by atoms with Crippen molar-refractivity contribution < 1.29 is 4.79 Å². The third kappa shape index (κ3) is 2.85. The number of carbonyl (C=O) groups excluding carboxylic acids is 1. The Labute approximate surface area is 116 Å². The van der Waals surface area contributed by atoms with Crippen molar-refractivity contribution >= 4 is 29.0 Å². The fourth-order valence-electron chi connectivity index (χ4n) is 1.86. The fourth-order valence-corrected chi connectivity index (χ4v) is 2.23. The Balaban J connectivity index is 2.32. The Hall–Kier alpha value is -2.07. The third-order valence-corrected chi connectivity index (χ3v) is 3.05. The summed E-state index contributed by atoms with van der Waals surface area (Å²) in [7, 11) is 0. The number of halogens is 1. The van der Waals surface area contributed by atoms with Crippen LogP contribution in [0.25, 0.3) is 0 Å². The second-order valence-electron chi connectivity index (χ2n) is 4.33. The van der Waals surface area contributed by atoms with E-state index in [9.17, 15) is 4.79 Å². The fraction of sp³-hybridized carbons (Fsp3) is 0.143. The molecule has 0 atom stereocenters. The Kier molecular flexibility index (Phi) is 3.71. The molecule has 1 aromatic carbocycles. The van der Waals surface area contributed by atoms with Gasteiger partial charge in [0.25, 0.3) is 5.91 Å². The quantitative estimate of drug-likeness (QED) is 0.884. The van der Waals surface area contributed by atoms with Crippen LogP contribution in [-0.4, -0.2) is 10.9 Å². The van der Waals surface area contributed by atoms with E-state index in [1.807, 2.05) is 19.9 Å². The topological polar surface area (TPSA) is 68.0 Å². The number of pyridine rings is 1. The van der Waals surface area contributed by atoms with Crippen LogP contribution in [0.2, 0.25) is 5.02 Å². The Morgan fingerprint density at radius 3 is 2.74 bits per heavy atom. The molecule has 0 saturated carbocycles. The molecule has 0 aliphatic rings. The van der Waals surface area contributed by atoms with Crippen molar-refractivity contribution in [2.45, 2.75) is 13.8 Å². The van der Waals surface area contributed by atoms with Crippen LogP contribution in [0.4, 0.5) is 11.5 Å². The smallest absolute Gasteiger partial charge is 0.259 e. The van der Waals surface area contributed by atoms with Crippen molar-refractivity contribution in [3.8, 4) is 0 Å². The summed E-state index contributed by atoms with van der Waals surface area (Å²) in [6.07, 6.45) is 1.54. The number of benzene rings is 1. The summed E-state index contributed by atoms with van der Waals surface area (Å²) in [4.78, 5) is 16.0. The van der Waals surface area contributed by atoms with Gasteiger partial charge in [-0.15, -0.1) is 0 Å². The maximum absolute atomic E-state index is 12.1. The summed E-state index contributed by atoms with van der Waals surface area (Å²) < 4.78 is 0. The molecule has 0 aliphatic heterocycles. The summed E-state index contributed by atoms with van der Waals surface area (Å²) >= 11 is 6.14. The van der Waals surface area contributed by atoms with E-state index >= 15 is 0 Å². The van der Waals surface area contributed by atoms with Gasteiger partial charge in [0.1, 0.15) is 5.82 Å². The first kappa shape index (κ1) is 13.4. The molecule has 0 spiro atoms. The number of hydrogen-bond donors (Lipinski definition) is 2. The number of amides is 1. The van der Waals surface area contributed by atoms with E-state index in [1.54, 1.807) is 18.2 Å². The first-order valence-electron chi connectivity index (χ1n) is 5.77. The van der Waals surface area contributed by atoms with Gasteiger partial charge >= 0.3 is 0 Å². The summed E-state index contributed by atoms with van der Waals surface area (Å²) in [5.74, 6) is -0.125. The number of nitrogens with two attached hydrogens (primary N) is 1. The lowest BCUT2D eigenvalue weighted by Crippen LogP contribution is -2.15. The number of nitrogens with one attached hydrogen (secondary N) is 1. The number of aryl methyl sites for hydroxylation is 2. The standard InChI is InChI=1S/C14H14ClN3O/c1-8-6-9(2)12(11(15)7-8)18-14(19)10-4-3-5-17-13(10)16/h3-7H,1-2H3,(H2,16,17)(H,18,19). The van der Waals surface area contributed by atoms with Gasteiger partial charge in [0.05, 0.1) is 16.3 Å². The zero-order chi connectivity index (χ0) is 14.0. The summed E-state index contributed by atoms with van der Waals surface area (Å²) in [5.41, 5.74) is 8.55. The molecule has 0 unspecified atom stereocenters. The molecule has 5 heteroatoms. The second-order valence-corrected chi connectivity index (χ2v) is 4.74. The van der Waals surface area contributed by atoms with Crippen LogP contribution in [0.5, 0.6) is 0 Å². The number of hydrogen-bond acceptors (Lipinski definition) is 3. The lowest BCUT2D eigenvalue weighted by molar-refractivity contribution is 0.102. The van der Waals surface area contributed by atoms with Crippen LogP contribution < -0.4 is 11.1 Å². The number of aromatic nitrogens is 1. The van der Waals surface area contributed by atoms with Crippen molar-refractivity contribution in [3.63, 3.8) is 0 Å². The zero-order valence-electron chi connectivity index (χ0n) is 10.7. The van der Waals surface area contributed by atoms with Gasteiger partial charge in [-0.3, -0.25) is 4.79 Å². The van der Waals surface area contributed by atoms with E-state index < -0.39 is 0 Å². The molecule has 0 bridgehead atoms. The number of anilines is 2.